The first-order valence-electron chi connectivity index (χ1n) is 7.68. The Morgan fingerprint density at radius 1 is 1.17 bits per heavy atom. The Labute approximate surface area is 140 Å². The molecule has 130 valence electrons. The highest BCUT2D eigenvalue weighted by molar-refractivity contribution is 7.89. The Bertz CT molecular complexity index is 740. The third-order valence-corrected chi connectivity index (χ3v) is 6.29. The second-order valence-corrected chi connectivity index (χ2v) is 7.61. The Morgan fingerprint density at radius 2 is 1.83 bits per heavy atom. The first kappa shape index (κ1) is 16.7. The number of piperidine rings is 1. The second kappa shape index (κ2) is 6.40. The molecular formula is C15H19N3O5S. The highest BCUT2D eigenvalue weighted by Gasteiger charge is 2.39. The molecule has 3 amide bonds. The molecule has 8 nitrogen and oxygen atoms in total. The van der Waals surface area contributed by atoms with Gasteiger partial charge in [0.2, 0.25) is 15.9 Å². The van der Waals surface area contributed by atoms with Crippen molar-refractivity contribution in [3.8, 4) is 5.75 Å². The van der Waals surface area contributed by atoms with Crippen molar-refractivity contribution in [2.45, 2.75) is 23.8 Å². The van der Waals surface area contributed by atoms with Gasteiger partial charge in [-0.25, -0.2) is 13.2 Å². The minimum absolute atomic E-state index is 0.0125. The number of para-hydroxylation sites is 1. The molecule has 1 N–H and O–H groups in total. The van der Waals surface area contributed by atoms with Gasteiger partial charge in [0.15, 0.2) is 0 Å². The first-order chi connectivity index (χ1) is 11.4. The summed E-state index contributed by atoms with van der Waals surface area (Å²) < 4.78 is 32.1. The number of sulfonamides is 1. The second-order valence-electron chi connectivity index (χ2n) is 5.71. The van der Waals surface area contributed by atoms with Gasteiger partial charge < -0.3 is 10.1 Å². The van der Waals surface area contributed by atoms with Gasteiger partial charge in [-0.1, -0.05) is 12.1 Å². The van der Waals surface area contributed by atoms with Crippen LogP contribution in [0.15, 0.2) is 29.2 Å². The molecule has 2 aliphatic heterocycles. The molecular weight excluding hydrogens is 334 g/mol. The summed E-state index contributed by atoms with van der Waals surface area (Å²) in [5, 5.41) is 2.49. The number of urea groups is 1. The molecule has 0 spiro atoms. The van der Waals surface area contributed by atoms with Gasteiger partial charge in [0.1, 0.15) is 10.6 Å². The molecule has 24 heavy (non-hydrogen) atoms. The van der Waals surface area contributed by atoms with E-state index in [2.05, 4.69) is 5.32 Å². The fourth-order valence-electron chi connectivity index (χ4n) is 3.12. The molecule has 9 heteroatoms. The third kappa shape index (κ3) is 2.84. The van der Waals surface area contributed by atoms with E-state index >= 15 is 0 Å². The lowest BCUT2D eigenvalue weighted by atomic mass is 10.1. The van der Waals surface area contributed by atoms with E-state index < -0.39 is 16.1 Å². The number of nitrogens with zero attached hydrogens (tertiary/aromatic N) is 2. The van der Waals surface area contributed by atoms with Crippen LogP contribution in [-0.4, -0.2) is 62.3 Å². The van der Waals surface area contributed by atoms with Crippen molar-refractivity contribution in [2.24, 2.45) is 0 Å². The topological polar surface area (TPSA) is 96.0 Å². The van der Waals surface area contributed by atoms with Crippen LogP contribution in [0.5, 0.6) is 5.75 Å². The minimum atomic E-state index is -3.67. The van der Waals surface area contributed by atoms with E-state index in [1.807, 2.05) is 0 Å². The first-order valence-corrected chi connectivity index (χ1v) is 9.12. The van der Waals surface area contributed by atoms with E-state index in [1.165, 1.54) is 22.4 Å². The number of ether oxygens (including phenoxy) is 1. The monoisotopic (exact) mass is 353 g/mol. The number of hydrogen-bond acceptors (Lipinski definition) is 5. The van der Waals surface area contributed by atoms with Crippen molar-refractivity contribution >= 4 is 22.0 Å². The van der Waals surface area contributed by atoms with Gasteiger partial charge in [0.05, 0.1) is 13.7 Å². The molecule has 2 saturated heterocycles. The maximum atomic E-state index is 12.8. The summed E-state index contributed by atoms with van der Waals surface area (Å²) in [5.41, 5.74) is 0. The van der Waals surface area contributed by atoms with Crippen LogP contribution in [0.3, 0.4) is 0 Å². The van der Waals surface area contributed by atoms with Gasteiger partial charge >= 0.3 is 6.03 Å². The van der Waals surface area contributed by atoms with E-state index in [9.17, 15) is 18.0 Å². The van der Waals surface area contributed by atoms with Gasteiger partial charge in [-0.05, 0) is 25.0 Å². The van der Waals surface area contributed by atoms with Crippen molar-refractivity contribution in [3.63, 3.8) is 0 Å². The van der Waals surface area contributed by atoms with Crippen molar-refractivity contribution < 1.29 is 22.7 Å². The fourth-order valence-corrected chi connectivity index (χ4v) is 4.74. The van der Waals surface area contributed by atoms with Crippen LogP contribution < -0.4 is 10.1 Å². The lowest BCUT2D eigenvalue weighted by molar-refractivity contribution is -0.127. The average Bonchev–Trinajstić information content (AvgIpc) is 2.93. The van der Waals surface area contributed by atoms with E-state index in [1.54, 1.807) is 18.2 Å². The van der Waals surface area contributed by atoms with Crippen molar-refractivity contribution in [2.75, 3.05) is 26.7 Å². The van der Waals surface area contributed by atoms with Crippen LogP contribution in [0.2, 0.25) is 0 Å². The van der Waals surface area contributed by atoms with E-state index in [4.69, 9.17) is 4.74 Å². The number of rotatable bonds is 4. The van der Waals surface area contributed by atoms with Gasteiger partial charge in [-0.2, -0.15) is 4.31 Å². The summed E-state index contributed by atoms with van der Waals surface area (Å²) in [7, 11) is -2.25. The van der Waals surface area contributed by atoms with E-state index in [0.29, 0.717) is 18.6 Å². The van der Waals surface area contributed by atoms with Gasteiger partial charge in [0, 0.05) is 19.1 Å². The third-order valence-electron chi connectivity index (χ3n) is 4.35. The number of nitrogens with one attached hydrogen (secondary N) is 1. The van der Waals surface area contributed by atoms with Crippen LogP contribution >= 0.6 is 0 Å². The maximum absolute atomic E-state index is 12.8. The van der Waals surface area contributed by atoms with Crippen LogP contribution in [0.25, 0.3) is 0 Å². The Balaban J connectivity index is 1.74. The highest BCUT2D eigenvalue weighted by atomic mass is 32.2. The molecule has 2 fully saturated rings. The summed E-state index contributed by atoms with van der Waals surface area (Å²) in [6.45, 7) is 0.517. The van der Waals surface area contributed by atoms with Crippen LogP contribution in [0, 0.1) is 0 Å². The molecule has 0 saturated carbocycles. The predicted molar refractivity (Wildman–Crippen MR) is 85.0 cm³/mol. The Kier molecular flexibility index (Phi) is 4.46. The molecule has 2 heterocycles. The van der Waals surface area contributed by atoms with E-state index in [-0.39, 0.29) is 36.5 Å². The Morgan fingerprint density at radius 3 is 2.42 bits per heavy atom. The predicted octanol–water partition coefficient (Wildman–Crippen LogP) is 0.400. The van der Waals surface area contributed by atoms with Gasteiger partial charge in [-0.15, -0.1) is 0 Å². The minimum Gasteiger partial charge on any atom is -0.495 e. The molecule has 1 aromatic rings. The lowest BCUT2D eigenvalue weighted by Gasteiger charge is -2.34. The summed E-state index contributed by atoms with van der Waals surface area (Å²) in [5.74, 6) is 0.0414. The summed E-state index contributed by atoms with van der Waals surface area (Å²) >= 11 is 0. The maximum Gasteiger partial charge on any atom is 0.324 e. The zero-order valence-corrected chi connectivity index (χ0v) is 14.1. The number of benzene rings is 1. The molecule has 2 aliphatic rings. The number of hydrogen-bond donors (Lipinski definition) is 1. The molecule has 0 atom stereocenters. The zero-order chi connectivity index (χ0) is 17.3. The highest BCUT2D eigenvalue weighted by Crippen LogP contribution is 2.29. The summed E-state index contributed by atoms with van der Waals surface area (Å²) in [6, 6.07) is 5.82. The van der Waals surface area contributed by atoms with Gasteiger partial charge in [0.25, 0.3) is 0 Å². The van der Waals surface area contributed by atoms with Gasteiger partial charge in [-0.3, -0.25) is 9.69 Å². The molecule has 0 aromatic heterocycles. The van der Waals surface area contributed by atoms with Crippen molar-refractivity contribution in [1.29, 1.82) is 0 Å². The van der Waals surface area contributed by atoms with Crippen LogP contribution in [0.1, 0.15) is 12.8 Å². The van der Waals surface area contributed by atoms with Crippen LogP contribution in [-0.2, 0) is 14.8 Å². The standard InChI is InChI=1S/C15H19N3O5S/c1-23-12-4-2-3-5-13(12)24(21,22)17-8-6-11(7-9-17)18-14(19)10-16-15(18)20/h2-5,11H,6-10H2,1H3,(H,16,20). The summed E-state index contributed by atoms with van der Waals surface area (Å²) in [6.07, 6.45) is 0.848. The number of carbonyl (C=O) groups is 2. The zero-order valence-electron chi connectivity index (χ0n) is 13.3. The van der Waals surface area contributed by atoms with Crippen molar-refractivity contribution in [3.05, 3.63) is 24.3 Å². The van der Waals surface area contributed by atoms with E-state index in [0.717, 1.165) is 0 Å². The molecule has 0 bridgehead atoms. The number of methoxy groups -OCH3 is 1. The molecule has 0 radical (unpaired) electrons. The number of carbonyl (C=O) groups excluding carboxylic acids is 2. The molecule has 0 aliphatic carbocycles. The fraction of sp³-hybridized carbons (Fsp3) is 0.467. The van der Waals surface area contributed by atoms with Crippen molar-refractivity contribution in [1.82, 2.24) is 14.5 Å². The summed E-state index contributed by atoms with van der Waals surface area (Å²) in [4.78, 5) is 24.8. The SMILES string of the molecule is COc1ccccc1S(=O)(=O)N1CCC(N2C(=O)CNC2=O)CC1. The van der Waals surface area contributed by atoms with Crippen LogP contribution in [0.4, 0.5) is 4.79 Å². The number of imide groups is 1. The Hall–Kier alpha value is -2.13. The smallest absolute Gasteiger partial charge is 0.324 e. The quantitative estimate of drug-likeness (QED) is 0.791. The molecule has 1 aromatic carbocycles. The lowest BCUT2D eigenvalue weighted by Crippen LogP contribution is -2.48. The largest absolute Gasteiger partial charge is 0.495 e. The molecule has 0 unspecified atom stereocenters. The normalized spacial score (nSPS) is 20.3. The number of amides is 3. The average molecular weight is 353 g/mol. The molecule has 3 rings (SSSR count).